The number of benzene rings is 2. The molecule has 0 radical (unpaired) electrons. The third kappa shape index (κ3) is 2.04. The summed E-state index contributed by atoms with van der Waals surface area (Å²) in [6.07, 6.45) is 0.751. The molecule has 3 N–H and O–H groups in total. The molecule has 1 amide bonds. The molecule has 0 fully saturated rings. The molecule has 0 unspecified atom stereocenters. The second-order valence-corrected chi connectivity index (χ2v) is 6.68. The van der Waals surface area contributed by atoms with Gasteiger partial charge in [-0.05, 0) is 35.7 Å². The fourth-order valence-electron chi connectivity index (χ4n) is 3.36. The lowest BCUT2D eigenvalue weighted by Gasteiger charge is -2.44. The average Bonchev–Trinajstić information content (AvgIpc) is 2.53. The Labute approximate surface area is 137 Å². The van der Waals surface area contributed by atoms with Crippen LogP contribution in [0, 0.1) is 0 Å². The number of anilines is 1. The minimum atomic E-state index is -0.137. The van der Waals surface area contributed by atoms with Gasteiger partial charge in [-0.25, -0.2) is 0 Å². The number of halogens is 1. The molecule has 4 nitrogen and oxygen atoms in total. The van der Waals surface area contributed by atoms with Crippen LogP contribution in [0.1, 0.15) is 40.1 Å². The van der Waals surface area contributed by atoms with Crippen LogP contribution in [0.15, 0.2) is 46.9 Å². The molecule has 5 heteroatoms. The van der Waals surface area contributed by atoms with Gasteiger partial charge in [-0.3, -0.25) is 4.79 Å². The zero-order valence-corrected chi connectivity index (χ0v) is 13.5. The van der Waals surface area contributed by atoms with Crippen molar-refractivity contribution in [2.45, 2.75) is 18.6 Å². The van der Waals surface area contributed by atoms with Gasteiger partial charge in [-0.2, -0.15) is 0 Å². The standard InChI is InChI=1S/C17H16BrN3O/c18-11-6-4-10(5-7-11)16-20-17(22)13-3-1-2-12-14(19)8-9-21(16)15(12)13/h1-7,14,16H,8-9,19H2,(H,20,22)/t14-,16-/m0/s1. The molecule has 2 heterocycles. The Morgan fingerprint density at radius 2 is 1.95 bits per heavy atom. The van der Waals surface area contributed by atoms with Gasteiger partial charge in [-0.15, -0.1) is 0 Å². The summed E-state index contributed by atoms with van der Waals surface area (Å²) >= 11 is 3.45. The van der Waals surface area contributed by atoms with Crippen LogP contribution in [0.4, 0.5) is 5.69 Å². The summed E-state index contributed by atoms with van der Waals surface area (Å²) in [5.41, 5.74) is 10.1. The van der Waals surface area contributed by atoms with E-state index in [1.807, 2.05) is 42.5 Å². The molecule has 0 bridgehead atoms. The van der Waals surface area contributed by atoms with Crippen LogP contribution >= 0.6 is 15.9 Å². The first kappa shape index (κ1) is 13.8. The molecular formula is C17H16BrN3O. The predicted octanol–water partition coefficient (Wildman–Crippen LogP) is 3.10. The van der Waals surface area contributed by atoms with Gasteiger partial charge in [0.1, 0.15) is 6.17 Å². The fourth-order valence-corrected chi connectivity index (χ4v) is 3.62. The molecule has 2 aliphatic heterocycles. The molecular weight excluding hydrogens is 342 g/mol. The van der Waals surface area contributed by atoms with Gasteiger partial charge in [0, 0.05) is 17.1 Å². The summed E-state index contributed by atoms with van der Waals surface area (Å²) in [6.45, 7) is 0.839. The molecule has 2 aliphatic rings. The highest BCUT2D eigenvalue weighted by Crippen LogP contribution is 2.42. The van der Waals surface area contributed by atoms with Crippen molar-refractivity contribution in [1.82, 2.24) is 5.32 Å². The lowest BCUT2D eigenvalue weighted by molar-refractivity contribution is 0.0925. The molecule has 0 aliphatic carbocycles. The average molecular weight is 358 g/mol. The number of para-hydroxylation sites is 1. The third-order valence-electron chi connectivity index (χ3n) is 4.44. The number of amides is 1. The van der Waals surface area contributed by atoms with Gasteiger partial charge in [0.2, 0.25) is 0 Å². The fraction of sp³-hybridized carbons (Fsp3) is 0.235. The van der Waals surface area contributed by atoms with Crippen LogP contribution in [0.25, 0.3) is 0 Å². The Morgan fingerprint density at radius 1 is 1.18 bits per heavy atom. The SMILES string of the molecule is N[C@H]1CCN2c3c(cccc31)C(=O)N[C@@H]2c1ccc(Br)cc1. The number of carbonyl (C=O) groups excluding carboxylic acids is 1. The van der Waals surface area contributed by atoms with E-state index in [1.165, 1.54) is 0 Å². The molecule has 0 saturated carbocycles. The van der Waals surface area contributed by atoms with Crippen LogP contribution in [0.2, 0.25) is 0 Å². The summed E-state index contributed by atoms with van der Waals surface area (Å²) < 4.78 is 1.03. The number of nitrogens with one attached hydrogen (secondary N) is 1. The summed E-state index contributed by atoms with van der Waals surface area (Å²) in [4.78, 5) is 14.8. The summed E-state index contributed by atoms with van der Waals surface area (Å²) in [7, 11) is 0. The van der Waals surface area contributed by atoms with Crippen molar-refractivity contribution in [2.75, 3.05) is 11.4 Å². The number of rotatable bonds is 1. The molecule has 0 saturated heterocycles. The molecule has 2 aromatic carbocycles. The molecule has 112 valence electrons. The Bertz CT molecular complexity index is 744. The summed E-state index contributed by atoms with van der Waals surface area (Å²) in [6, 6.07) is 13.9. The van der Waals surface area contributed by atoms with E-state index in [-0.39, 0.29) is 18.1 Å². The van der Waals surface area contributed by atoms with E-state index < -0.39 is 0 Å². The molecule has 22 heavy (non-hydrogen) atoms. The first-order valence-corrected chi connectivity index (χ1v) is 8.16. The minimum Gasteiger partial charge on any atom is -0.346 e. The largest absolute Gasteiger partial charge is 0.346 e. The summed E-state index contributed by atoms with van der Waals surface area (Å²) in [5, 5.41) is 3.12. The first-order valence-electron chi connectivity index (χ1n) is 7.36. The highest BCUT2D eigenvalue weighted by Gasteiger charge is 2.36. The summed E-state index contributed by atoms with van der Waals surface area (Å²) in [5.74, 6) is -0.0323. The van der Waals surface area contributed by atoms with Crippen molar-refractivity contribution in [3.8, 4) is 0 Å². The van der Waals surface area contributed by atoms with Gasteiger partial charge >= 0.3 is 0 Å². The normalized spacial score (nSPS) is 23.0. The van der Waals surface area contributed by atoms with Gasteiger partial charge in [0.05, 0.1) is 11.3 Å². The van der Waals surface area contributed by atoms with Crippen molar-refractivity contribution < 1.29 is 4.79 Å². The molecule has 2 atom stereocenters. The van der Waals surface area contributed by atoms with E-state index in [0.717, 1.165) is 39.8 Å². The van der Waals surface area contributed by atoms with Gasteiger partial charge in [0.25, 0.3) is 5.91 Å². The Balaban J connectivity index is 1.85. The van der Waals surface area contributed by atoms with Crippen LogP contribution < -0.4 is 16.0 Å². The quantitative estimate of drug-likeness (QED) is 0.824. The number of hydrogen-bond donors (Lipinski definition) is 2. The second-order valence-electron chi connectivity index (χ2n) is 5.76. The number of nitrogens with zero attached hydrogens (tertiary/aromatic N) is 1. The van der Waals surface area contributed by atoms with E-state index in [1.54, 1.807) is 0 Å². The Hall–Kier alpha value is -1.85. The van der Waals surface area contributed by atoms with E-state index in [4.69, 9.17) is 5.73 Å². The Morgan fingerprint density at radius 3 is 2.73 bits per heavy atom. The maximum atomic E-state index is 12.5. The molecule has 4 rings (SSSR count). The van der Waals surface area contributed by atoms with Gasteiger partial charge in [-0.1, -0.05) is 40.2 Å². The molecule has 0 aromatic heterocycles. The van der Waals surface area contributed by atoms with Crippen LogP contribution in [0.5, 0.6) is 0 Å². The van der Waals surface area contributed by atoms with Crippen LogP contribution in [0.3, 0.4) is 0 Å². The van der Waals surface area contributed by atoms with Gasteiger partial charge < -0.3 is 16.0 Å². The van der Waals surface area contributed by atoms with Crippen molar-refractivity contribution >= 4 is 27.5 Å². The van der Waals surface area contributed by atoms with Crippen molar-refractivity contribution in [2.24, 2.45) is 5.73 Å². The zero-order chi connectivity index (χ0) is 15.3. The zero-order valence-electron chi connectivity index (χ0n) is 11.9. The highest BCUT2D eigenvalue weighted by atomic mass is 79.9. The topological polar surface area (TPSA) is 58.4 Å². The van der Waals surface area contributed by atoms with E-state index in [9.17, 15) is 4.79 Å². The van der Waals surface area contributed by atoms with E-state index in [2.05, 4.69) is 26.1 Å². The lowest BCUT2D eigenvalue weighted by Crippen LogP contribution is -2.49. The van der Waals surface area contributed by atoms with E-state index >= 15 is 0 Å². The van der Waals surface area contributed by atoms with Crippen molar-refractivity contribution in [3.05, 3.63) is 63.6 Å². The van der Waals surface area contributed by atoms with E-state index in [0.29, 0.717) is 0 Å². The highest BCUT2D eigenvalue weighted by molar-refractivity contribution is 9.10. The maximum Gasteiger partial charge on any atom is 0.255 e. The van der Waals surface area contributed by atoms with Crippen LogP contribution in [-0.2, 0) is 0 Å². The lowest BCUT2D eigenvalue weighted by atomic mass is 9.90. The monoisotopic (exact) mass is 357 g/mol. The van der Waals surface area contributed by atoms with Gasteiger partial charge in [0.15, 0.2) is 0 Å². The van der Waals surface area contributed by atoms with Crippen LogP contribution in [-0.4, -0.2) is 12.5 Å². The molecule has 2 aromatic rings. The number of nitrogens with two attached hydrogens (primary N) is 1. The number of hydrogen-bond acceptors (Lipinski definition) is 3. The first-order chi connectivity index (χ1) is 10.6. The Kier molecular flexibility index (Phi) is 3.20. The third-order valence-corrected chi connectivity index (χ3v) is 4.97. The number of carbonyl (C=O) groups is 1. The predicted molar refractivity (Wildman–Crippen MR) is 89.7 cm³/mol. The van der Waals surface area contributed by atoms with Crippen molar-refractivity contribution in [1.29, 1.82) is 0 Å². The van der Waals surface area contributed by atoms with Crippen molar-refractivity contribution in [3.63, 3.8) is 0 Å². The smallest absolute Gasteiger partial charge is 0.255 e. The molecule has 0 spiro atoms. The second kappa shape index (κ2) is 5.11. The minimum absolute atomic E-state index is 0.00247. The maximum absolute atomic E-state index is 12.5.